The molecule has 4 N–H and O–H groups in total. The van der Waals surface area contributed by atoms with Crippen LogP contribution in [0.1, 0.15) is 45.4 Å². The van der Waals surface area contributed by atoms with Gasteiger partial charge in [0.1, 0.15) is 0 Å². The van der Waals surface area contributed by atoms with Gasteiger partial charge < -0.3 is 20.6 Å². The molecule has 1 aromatic carbocycles. The van der Waals surface area contributed by atoms with Crippen LogP contribution in [0.4, 0.5) is 5.69 Å². The maximum atomic E-state index is 12.0. The summed E-state index contributed by atoms with van der Waals surface area (Å²) < 4.78 is 5.49. The molecule has 2 aromatic rings. The van der Waals surface area contributed by atoms with Crippen molar-refractivity contribution in [1.29, 1.82) is 0 Å². The summed E-state index contributed by atoms with van der Waals surface area (Å²) in [5.74, 6) is -0.129. The van der Waals surface area contributed by atoms with Crippen LogP contribution in [-0.4, -0.2) is 16.7 Å². The molecule has 0 aliphatic rings. The molecule has 0 aliphatic carbocycles. The number of fused-ring (bicyclic) bond motifs is 1. The summed E-state index contributed by atoms with van der Waals surface area (Å²) in [4.78, 5) is 14.7. The Bertz CT molecular complexity index is 679. The van der Waals surface area contributed by atoms with Crippen molar-refractivity contribution in [3.63, 3.8) is 0 Å². The molecule has 5 heteroatoms. The minimum atomic E-state index is -0.429. The normalized spacial score (nSPS) is 11.0. The van der Waals surface area contributed by atoms with Gasteiger partial charge in [-0.3, -0.25) is 4.79 Å². The lowest BCUT2D eigenvalue weighted by Gasteiger charge is -2.09. The van der Waals surface area contributed by atoms with Crippen LogP contribution in [0, 0.1) is 0 Å². The maximum absolute atomic E-state index is 12.0. The predicted octanol–water partition coefficient (Wildman–Crippen LogP) is 3.56. The number of hydrogen-bond acceptors (Lipinski definition) is 4. The van der Waals surface area contributed by atoms with Crippen molar-refractivity contribution in [1.82, 2.24) is 4.98 Å². The van der Waals surface area contributed by atoms with Crippen molar-refractivity contribution < 1.29 is 9.84 Å². The van der Waals surface area contributed by atoms with Crippen LogP contribution in [0.2, 0.25) is 0 Å². The topological polar surface area (TPSA) is 88.3 Å². The molecule has 2 rings (SSSR count). The van der Waals surface area contributed by atoms with Crippen LogP contribution in [0.15, 0.2) is 23.0 Å². The number of aromatic hydroxyl groups is 1. The van der Waals surface area contributed by atoms with Gasteiger partial charge in [-0.1, -0.05) is 39.0 Å². The standard InChI is InChI=1S/C17H24N2O3/c1-2-3-4-5-6-7-10-22-16-15(20)13-9-8-12(18)11-14(13)19-17(16)21/h8-9,11H,2-7,10,18H2,1H3,(H2,19,20,21). The lowest BCUT2D eigenvalue weighted by Crippen LogP contribution is -2.12. The molecule has 0 radical (unpaired) electrons. The van der Waals surface area contributed by atoms with E-state index < -0.39 is 5.56 Å². The van der Waals surface area contributed by atoms with Gasteiger partial charge in [0.2, 0.25) is 5.75 Å². The minimum Gasteiger partial charge on any atom is -0.504 e. The fourth-order valence-electron chi connectivity index (χ4n) is 2.47. The third-order valence-corrected chi connectivity index (χ3v) is 3.71. The van der Waals surface area contributed by atoms with Crippen molar-refractivity contribution >= 4 is 16.6 Å². The lowest BCUT2D eigenvalue weighted by molar-refractivity contribution is 0.286. The number of aromatic amines is 1. The molecule has 0 unspecified atom stereocenters. The Morgan fingerprint density at radius 1 is 1.18 bits per heavy atom. The van der Waals surface area contributed by atoms with E-state index in [0.717, 1.165) is 12.8 Å². The van der Waals surface area contributed by atoms with Crippen molar-refractivity contribution in [2.45, 2.75) is 45.4 Å². The number of anilines is 1. The van der Waals surface area contributed by atoms with Gasteiger partial charge in [-0.2, -0.15) is 0 Å². The Balaban J connectivity index is 1.99. The summed E-state index contributed by atoms with van der Waals surface area (Å²) in [6, 6.07) is 4.97. The van der Waals surface area contributed by atoms with Gasteiger partial charge in [0.15, 0.2) is 5.75 Å². The third-order valence-electron chi connectivity index (χ3n) is 3.71. The van der Waals surface area contributed by atoms with Gasteiger partial charge in [0.05, 0.1) is 12.1 Å². The highest BCUT2D eigenvalue weighted by atomic mass is 16.5. The number of nitrogen functional groups attached to an aromatic ring is 1. The molecular formula is C17H24N2O3. The van der Waals surface area contributed by atoms with Crippen molar-refractivity contribution in [3.05, 3.63) is 28.6 Å². The van der Waals surface area contributed by atoms with E-state index in [4.69, 9.17) is 10.5 Å². The zero-order chi connectivity index (χ0) is 15.9. The molecule has 0 saturated carbocycles. The van der Waals surface area contributed by atoms with Crippen LogP contribution in [-0.2, 0) is 0 Å². The van der Waals surface area contributed by atoms with Crippen molar-refractivity contribution in [2.75, 3.05) is 12.3 Å². The van der Waals surface area contributed by atoms with Gasteiger partial charge in [0.25, 0.3) is 5.56 Å². The Hall–Kier alpha value is -2.17. The van der Waals surface area contributed by atoms with Crippen LogP contribution < -0.4 is 16.0 Å². The fourth-order valence-corrected chi connectivity index (χ4v) is 2.47. The van der Waals surface area contributed by atoms with E-state index in [1.165, 1.54) is 25.7 Å². The third kappa shape index (κ3) is 3.93. The van der Waals surface area contributed by atoms with Crippen LogP contribution >= 0.6 is 0 Å². The SMILES string of the molecule is CCCCCCCCOc1c(O)c2ccc(N)cc2[nH]c1=O. The lowest BCUT2D eigenvalue weighted by atomic mass is 10.1. The van der Waals surface area contributed by atoms with Gasteiger partial charge in [-0.25, -0.2) is 0 Å². The van der Waals surface area contributed by atoms with Crippen LogP contribution in [0.3, 0.4) is 0 Å². The average molecular weight is 304 g/mol. The largest absolute Gasteiger partial charge is 0.504 e. The van der Waals surface area contributed by atoms with Gasteiger partial charge in [0, 0.05) is 11.1 Å². The van der Waals surface area contributed by atoms with E-state index in [0.29, 0.717) is 23.2 Å². The van der Waals surface area contributed by atoms with Crippen molar-refractivity contribution in [2.24, 2.45) is 0 Å². The quantitative estimate of drug-likeness (QED) is 0.514. The number of benzene rings is 1. The number of H-pyrrole nitrogens is 1. The molecule has 0 spiro atoms. The van der Waals surface area contributed by atoms with Crippen molar-refractivity contribution in [3.8, 4) is 11.5 Å². The number of aromatic nitrogens is 1. The fraction of sp³-hybridized carbons (Fsp3) is 0.471. The first kappa shape index (κ1) is 16.2. The molecule has 0 atom stereocenters. The maximum Gasteiger partial charge on any atom is 0.294 e. The highest BCUT2D eigenvalue weighted by molar-refractivity contribution is 5.88. The van der Waals surface area contributed by atoms with Gasteiger partial charge >= 0.3 is 0 Å². The molecule has 120 valence electrons. The second-order valence-electron chi connectivity index (χ2n) is 5.55. The van der Waals surface area contributed by atoms with E-state index >= 15 is 0 Å². The molecule has 0 amide bonds. The minimum absolute atomic E-state index is 0.00849. The molecule has 1 aromatic heterocycles. The Morgan fingerprint density at radius 2 is 1.91 bits per heavy atom. The molecule has 0 aliphatic heterocycles. The summed E-state index contributed by atoms with van der Waals surface area (Å²) in [5.41, 5.74) is 6.29. The Morgan fingerprint density at radius 3 is 2.68 bits per heavy atom. The highest BCUT2D eigenvalue weighted by Gasteiger charge is 2.13. The first-order valence-corrected chi connectivity index (χ1v) is 7.90. The molecule has 0 saturated heterocycles. The molecule has 22 heavy (non-hydrogen) atoms. The van der Waals surface area contributed by atoms with Gasteiger partial charge in [-0.05, 0) is 24.6 Å². The van der Waals surface area contributed by atoms with Crippen LogP contribution in [0.5, 0.6) is 11.5 Å². The number of ether oxygens (including phenoxy) is 1. The van der Waals surface area contributed by atoms with E-state index in [1.807, 2.05) is 0 Å². The smallest absolute Gasteiger partial charge is 0.294 e. The molecule has 1 heterocycles. The first-order chi connectivity index (χ1) is 10.6. The number of unbranched alkanes of at least 4 members (excludes halogenated alkanes) is 5. The molecule has 5 nitrogen and oxygen atoms in total. The summed E-state index contributed by atoms with van der Waals surface area (Å²) in [7, 11) is 0. The summed E-state index contributed by atoms with van der Waals surface area (Å²) in [5, 5.41) is 10.7. The summed E-state index contributed by atoms with van der Waals surface area (Å²) in [6.07, 6.45) is 6.85. The zero-order valence-corrected chi connectivity index (χ0v) is 13.0. The zero-order valence-electron chi connectivity index (χ0n) is 13.0. The molecular weight excluding hydrogens is 280 g/mol. The summed E-state index contributed by atoms with van der Waals surface area (Å²) >= 11 is 0. The van der Waals surface area contributed by atoms with E-state index in [2.05, 4.69) is 11.9 Å². The monoisotopic (exact) mass is 304 g/mol. The highest BCUT2D eigenvalue weighted by Crippen LogP contribution is 2.30. The van der Waals surface area contributed by atoms with E-state index in [1.54, 1.807) is 18.2 Å². The predicted molar refractivity (Wildman–Crippen MR) is 89.5 cm³/mol. The van der Waals surface area contributed by atoms with Gasteiger partial charge in [-0.15, -0.1) is 0 Å². The number of hydrogen-bond donors (Lipinski definition) is 3. The number of rotatable bonds is 8. The number of pyridine rings is 1. The van der Waals surface area contributed by atoms with E-state index in [-0.39, 0.29) is 11.5 Å². The van der Waals surface area contributed by atoms with E-state index in [9.17, 15) is 9.90 Å². The number of nitrogens with one attached hydrogen (secondary N) is 1. The average Bonchev–Trinajstić information content (AvgIpc) is 2.48. The first-order valence-electron chi connectivity index (χ1n) is 7.90. The Kier molecular flexibility index (Phi) is 5.69. The number of nitrogens with two attached hydrogens (primary N) is 1. The summed E-state index contributed by atoms with van der Waals surface area (Å²) in [6.45, 7) is 2.62. The Labute approximate surface area is 130 Å². The molecule has 0 bridgehead atoms. The second kappa shape index (κ2) is 7.73. The second-order valence-corrected chi connectivity index (χ2v) is 5.55. The van der Waals surface area contributed by atoms with Crippen LogP contribution in [0.25, 0.3) is 10.9 Å². The molecule has 0 fully saturated rings.